The number of rotatable bonds is 7. The number of carboxylic acids is 1. The Morgan fingerprint density at radius 3 is 2.43 bits per heavy atom. The molecule has 0 atom stereocenters. The largest absolute Gasteiger partial charge is 0.481 e. The van der Waals surface area contributed by atoms with E-state index < -0.39 is 5.97 Å². The van der Waals surface area contributed by atoms with Gasteiger partial charge in [0.2, 0.25) is 0 Å². The standard InChI is InChI=1S/C18H20N2O3/c1-19-16-6-3-5-14(12-16)18(23)20-15-10-8-13(9-11-15)4-2-7-17(21)22/h3,5-6,8-12,19H,2,4,7H2,1H3,(H,20,23)(H,21,22). The minimum Gasteiger partial charge on any atom is -0.481 e. The molecule has 0 aliphatic rings. The number of benzene rings is 2. The average Bonchev–Trinajstić information content (AvgIpc) is 2.56. The van der Waals surface area contributed by atoms with Crippen LogP contribution in [0, 0.1) is 0 Å². The van der Waals surface area contributed by atoms with Crippen LogP contribution in [0.5, 0.6) is 0 Å². The molecule has 2 aromatic rings. The fraction of sp³-hybridized carbons (Fsp3) is 0.222. The fourth-order valence-corrected chi connectivity index (χ4v) is 2.22. The molecule has 0 aliphatic heterocycles. The summed E-state index contributed by atoms with van der Waals surface area (Å²) in [6, 6.07) is 14.7. The zero-order valence-electron chi connectivity index (χ0n) is 13.0. The molecule has 0 spiro atoms. The molecule has 0 unspecified atom stereocenters. The molecule has 23 heavy (non-hydrogen) atoms. The fourth-order valence-electron chi connectivity index (χ4n) is 2.22. The number of amides is 1. The van der Waals surface area contributed by atoms with Crippen LogP contribution in [0.15, 0.2) is 48.5 Å². The van der Waals surface area contributed by atoms with Gasteiger partial charge in [0.15, 0.2) is 0 Å². The van der Waals surface area contributed by atoms with E-state index >= 15 is 0 Å². The Labute approximate surface area is 135 Å². The predicted octanol–water partition coefficient (Wildman–Crippen LogP) is 3.39. The monoisotopic (exact) mass is 312 g/mol. The topological polar surface area (TPSA) is 78.4 Å². The molecule has 5 heteroatoms. The molecular formula is C18H20N2O3. The first-order valence-electron chi connectivity index (χ1n) is 7.48. The Morgan fingerprint density at radius 1 is 1.04 bits per heavy atom. The lowest BCUT2D eigenvalue weighted by Gasteiger charge is -2.08. The SMILES string of the molecule is CNc1cccc(C(=O)Nc2ccc(CCCC(=O)O)cc2)c1. The highest BCUT2D eigenvalue weighted by molar-refractivity contribution is 6.04. The molecule has 3 N–H and O–H groups in total. The number of carbonyl (C=O) groups is 2. The maximum absolute atomic E-state index is 12.2. The molecule has 0 heterocycles. The van der Waals surface area contributed by atoms with Gasteiger partial charge in [-0.3, -0.25) is 9.59 Å². The second kappa shape index (κ2) is 7.98. The molecular weight excluding hydrogens is 292 g/mol. The smallest absolute Gasteiger partial charge is 0.303 e. The van der Waals surface area contributed by atoms with Gasteiger partial charge in [0, 0.05) is 30.4 Å². The first-order chi connectivity index (χ1) is 11.1. The van der Waals surface area contributed by atoms with Crippen molar-refractivity contribution in [1.82, 2.24) is 0 Å². The van der Waals surface area contributed by atoms with Gasteiger partial charge in [0.1, 0.15) is 0 Å². The van der Waals surface area contributed by atoms with Crippen LogP contribution in [0.2, 0.25) is 0 Å². The molecule has 120 valence electrons. The lowest BCUT2D eigenvalue weighted by molar-refractivity contribution is -0.137. The van der Waals surface area contributed by atoms with Gasteiger partial charge in [-0.1, -0.05) is 18.2 Å². The Bertz CT molecular complexity index is 681. The van der Waals surface area contributed by atoms with Crippen LogP contribution in [0.3, 0.4) is 0 Å². The third kappa shape index (κ3) is 5.14. The van der Waals surface area contributed by atoms with Crippen molar-refractivity contribution >= 4 is 23.3 Å². The predicted molar refractivity (Wildman–Crippen MR) is 91.0 cm³/mol. The van der Waals surface area contributed by atoms with Gasteiger partial charge in [-0.15, -0.1) is 0 Å². The number of aryl methyl sites for hydroxylation is 1. The molecule has 1 amide bonds. The quantitative estimate of drug-likeness (QED) is 0.732. The molecule has 2 aromatic carbocycles. The summed E-state index contributed by atoms with van der Waals surface area (Å²) in [5, 5.41) is 14.5. The normalized spacial score (nSPS) is 10.1. The van der Waals surface area contributed by atoms with Crippen LogP contribution >= 0.6 is 0 Å². The van der Waals surface area contributed by atoms with E-state index in [1.807, 2.05) is 36.4 Å². The summed E-state index contributed by atoms with van der Waals surface area (Å²) in [5.41, 5.74) is 3.24. The Hall–Kier alpha value is -2.82. The summed E-state index contributed by atoms with van der Waals surface area (Å²) < 4.78 is 0. The summed E-state index contributed by atoms with van der Waals surface area (Å²) in [4.78, 5) is 22.7. The molecule has 0 saturated heterocycles. The van der Waals surface area contributed by atoms with Crippen molar-refractivity contribution in [2.75, 3.05) is 17.7 Å². The number of nitrogens with one attached hydrogen (secondary N) is 2. The Kier molecular flexibility index (Phi) is 5.74. The first kappa shape index (κ1) is 16.5. The van der Waals surface area contributed by atoms with Crippen molar-refractivity contribution in [1.29, 1.82) is 0 Å². The third-order valence-electron chi connectivity index (χ3n) is 3.48. The molecule has 0 fully saturated rings. The van der Waals surface area contributed by atoms with E-state index in [0.29, 0.717) is 24.1 Å². The molecule has 0 saturated carbocycles. The molecule has 0 radical (unpaired) electrons. The number of anilines is 2. The molecule has 0 bridgehead atoms. The van der Waals surface area contributed by atoms with Crippen LogP contribution in [-0.2, 0) is 11.2 Å². The number of aliphatic carboxylic acids is 1. The van der Waals surface area contributed by atoms with Crippen LogP contribution in [-0.4, -0.2) is 24.0 Å². The van der Waals surface area contributed by atoms with Gasteiger partial charge in [0.05, 0.1) is 0 Å². The van der Waals surface area contributed by atoms with Crippen LogP contribution in [0.1, 0.15) is 28.8 Å². The van der Waals surface area contributed by atoms with E-state index in [4.69, 9.17) is 5.11 Å². The van der Waals surface area contributed by atoms with Crippen molar-refractivity contribution in [3.05, 3.63) is 59.7 Å². The summed E-state index contributed by atoms with van der Waals surface area (Å²) >= 11 is 0. The maximum atomic E-state index is 12.2. The van der Waals surface area contributed by atoms with Gasteiger partial charge in [-0.2, -0.15) is 0 Å². The van der Waals surface area contributed by atoms with E-state index in [1.165, 1.54) is 0 Å². The molecule has 0 aliphatic carbocycles. The number of hydrogen-bond donors (Lipinski definition) is 3. The molecule has 5 nitrogen and oxygen atoms in total. The maximum Gasteiger partial charge on any atom is 0.303 e. The highest BCUT2D eigenvalue weighted by Gasteiger charge is 2.06. The summed E-state index contributed by atoms with van der Waals surface area (Å²) in [6.07, 6.45) is 1.49. The minimum absolute atomic E-state index is 0.166. The van der Waals surface area contributed by atoms with E-state index in [-0.39, 0.29) is 12.3 Å². The van der Waals surface area contributed by atoms with Gasteiger partial charge in [-0.25, -0.2) is 0 Å². The van der Waals surface area contributed by atoms with Crippen molar-refractivity contribution in [2.24, 2.45) is 0 Å². The summed E-state index contributed by atoms with van der Waals surface area (Å²) in [6.45, 7) is 0. The van der Waals surface area contributed by atoms with Gasteiger partial charge >= 0.3 is 5.97 Å². The van der Waals surface area contributed by atoms with Gasteiger partial charge in [-0.05, 0) is 48.7 Å². The van der Waals surface area contributed by atoms with Gasteiger partial charge in [0.25, 0.3) is 5.91 Å². The summed E-state index contributed by atoms with van der Waals surface area (Å²) in [5.74, 6) is -0.946. The van der Waals surface area contributed by atoms with Crippen molar-refractivity contribution in [3.8, 4) is 0 Å². The van der Waals surface area contributed by atoms with Crippen molar-refractivity contribution in [3.63, 3.8) is 0 Å². The highest BCUT2D eigenvalue weighted by Crippen LogP contribution is 2.15. The second-order valence-electron chi connectivity index (χ2n) is 5.23. The van der Waals surface area contributed by atoms with E-state index in [9.17, 15) is 9.59 Å². The molecule has 2 rings (SSSR count). The first-order valence-corrected chi connectivity index (χ1v) is 7.48. The van der Waals surface area contributed by atoms with E-state index in [2.05, 4.69) is 10.6 Å². The third-order valence-corrected chi connectivity index (χ3v) is 3.48. The van der Waals surface area contributed by atoms with Crippen LogP contribution in [0.25, 0.3) is 0 Å². The zero-order chi connectivity index (χ0) is 16.7. The Morgan fingerprint density at radius 2 is 1.78 bits per heavy atom. The Balaban J connectivity index is 1.94. The zero-order valence-corrected chi connectivity index (χ0v) is 13.0. The summed E-state index contributed by atoms with van der Waals surface area (Å²) in [7, 11) is 1.81. The highest BCUT2D eigenvalue weighted by atomic mass is 16.4. The molecule has 0 aromatic heterocycles. The van der Waals surface area contributed by atoms with Crippen LogP contribution < -0.4 is 10.6 Å². The van der Waals surface area contributed by atoms with E-state index in [1.54, 1.807) is 19.2 Å². The van der Waals surface area contributed by atoms with Crippen LogP contribution in [0.4, 0.5) is 11.4 Å². The lowest BCUT2D eigenvalue weighted by atomic mass is 10.1. The number of hydrogen-bond acceptors (Lipinski definition) is 3. The minimum atomic E-state index is -0.780. The average molecular weight is 312 g/mol. The van der Waals surface area contributed by atoms with Gasteiger partial charge < -0.3 is 15.7 Å². The second-order valence-corrected chi connectivity index (χ2v) is 5.23. The van der Waals surface area contributed by atoms with Crippen molar-refractivity contribution < 1.29 is 14.7 Å². The number of carbonyl (C=O) groups excluding carboxylic acids is 1. The van der Waals surface area contributed by atoms with E-state index in [0.717, 1.165) is 11.3 Å². The lowest BCUT2D eigenvalue weighted by Crippen LogP contribution is -2.12. The number of carboxylic acid groups (broad SMARTS) is 1. The van der Waals surface area contributed by atoms with Crippen molar-refractivity contribution in [2.45, 2.75) is 19.3 Å².